The number of carbonyl (C=O) groups is 2. The van der Waals surface area contributed by atoms with Crippen molar-refractivity contribution in [3.8, 4) is 0 Å². The Kier molecular flexibility index (Phi) is 6.14. The molecule has 4 rings (SSSR count). The van der Waals surface area contributed by atoms with Gasteiger partial charge in [0.1, 0.15) is 0 Å². The quantitative estimate of drug-likeness (QED) is 0.325. The lowest BCUT2D eigenvalue weighted by atomic mass is 10.1. The van der Waals surface area contributed by atoms with Crippen LogP contribution in [0.3, 0.4) is 0 Å². The topological polar surface area (TPSA) is 59.0 Å². The molecule has 168 valence electrons. The van der Waals surface area contributed by atoms with Crippen LogP contribution in [0.5, 0.6) is 0 Å². The Morgan fingerprint density at radius 3 is 2.33 bits per heavy atom. The molecule has 33 heavy (non-hydrogen) atoms. The van der Waals surface area contributed by atoms with E-state index in [4.69, 9.17) is 28.0 Å². The minimum Gasteiger partial charge on any atom is -0.312 e. The number of alkyl halides is 3. The Hall–Kier alpha value is -3.36. The summed E-state index contributed by atoms with van der Waals surface area (Å²) in [5, 5.41) is 4.42. The molecule has 0 spiro atoms. The molecular weight excluding hydrogens is 480 g/mol. The fraction of sp³-hybridized carbons (Fsp3) is 0.0870. The van der Waals surface area contributed by atoms with Gasteiger partial charge >= 0.3 is 12.1 Å². The fourth-order valence-electron chi connectivity index (χ4n) is 3.31. The van der Waals surface area contributed by atoms with Gasteiger partial charge in [-0.2, -0.15) is 13.2 Å². The molecule has 0 atom stereocenters. The van der Waals surface area contributed by atoms with Crippen LogP contribution in [0, 0.1) is 0 Å². The van der Waals surface area contributed by atoms with Gasteiger partial charge in [-0.3, -0.25) is 4.79 Å². The number of halogens is 5. The van der Waals surface area contributed by atoms with Gasteiger partial charge in [0, 0.05) is 21.2 Å². The van der Waals surface area contributed by atoms with E-state index in [9.17, 15) is 22.8 Å². The Balaban J connectivity index is 1.62. The largest absolute Gasteiger partial charge is 0.416 e. The number of hydrogen-bond donors (Lipinski definition) is 0. The van der Waals surface area contributed by atoms with Crippen LogP contribution >= 0.6 is 23.2 Å². The highest BCUT2D eigenvalue weighted by atomic mass is 35.5. The van der Waals surface area contributed by atoms with E-state index in [1.165, 1.54) is 4.90 Å². The molecule has 0 saturated heterocycles. The molecule has 0 bridgehead atoms. The summed E-state index contributed by atoms with van der Waals surface area (Å²) in [6.45, 7) is 0.0367. The molecule has 0 unspecified atom stereocenters. The second kappa shape index (κ2) is 8.88. The van der Waals surface area contributed by atoms with E-state index in [0.29, 0.717) is 32.9 Å². The van der Waals surface area contributed by atoms with Crippen LogP contribution in [-0.4, -0.2) is 17.6 Å². The van der Waals surface area contributed by atoms with E-state index < -0.39 is 23.6 Å². The number of nitrogens with zero attached hydrogens (tertiary/aromatic N) is 2. The summed E-state index contributed by atoms with van der Waals surface area (Å²) in [7, 11) is 0. The van der Waals surface area contributed by atoms with Crippen molar-refractivity contribution in [1.82, 2.24) is 0 Å². The predicted octanol–water partition coefficient (Wildman–Crippen LogP) is 6.12. The predicted molar refractivity (Wildman–Crippen MR) is 117 cm³/mol. The molecule has 0 saturated carbocycles. The summed E-state index contributed by atoms with van der Waals surface area (Å²) in [5.41, 5.74) is -0.127. The van der Waals surface area contributed by atoms with Crippen LogP contribution in [0.1, 0.15) is 27.0 Å². The van der Waals surface area contributed by atoms with Crippen molar-refractivity contribution in [2.24, 2.45) is 5.16 Å². The molecule has 0 aliphatic carbocycles. The zero-order chi connectivity index (χ0) is 23.8. The third kappa shape index (κ3) is 4.58. The maximum atomic E-state index is 13.1. The van der Waals surface area contributed by atoms with Gasteiger partial charge in [0.05, 0.1) is 23.4 Å². The van der Waals surface area contributed by atoms with Gasteiger partial charge in [-0.25, -0.2) is 4.79 Å². The summed E-state index contributed by atoms with van der Waals surface area (Å²) in [4.78, 5) is 31.6. The molecule has 0 radical (unpaired) electrons. The number of amides is 1. The standard InChI is InChI=1S/C23H13Cl2F3N2O3/c24-17-8-4-9-18(25)16(17)12-30-19-10-2-1-7-15(19)20(21(30)31)29-33-22(32)13-5-3-6-14(11-13)23(26,27)28/h1-11H,12H2/b29-20+. The highest BCUT2D eigenvalue weighted by molar-refractivity contribution is 6.54. The first-order chi connectivity index (χ1) is 15.7. The van der Waals surface area contributed by atoms with E-state index in [1.54, 1.807) is 42.5 Å². The smallest absolute Gasteiger partial charge is 0.312 e. The average molecular weight is 493 g/mol. The summed E-state index contributed by atoms with van der Waals surface area (Å²) in [5.74, 6) is -1.71. The van der Waals surface area contributed by atoms with Gasteiger partial charge in [-0.05, 0) is 36.4 Å². The third-order valence-electron chi connectivity index (χ3n) is 4.92. The Morgan fingerprint density at radius 1 is 0.970 bits per heavy atom. The Bertz CT molecular complexity index is 1270. The molecule has 1 heterocycles. The normalized spacial score (nSPS) is 14.5. The number of anilines is 1. The highest BCUT2D eigenvalue weighted by Crippen LogP contribution is 2.34. The maximum absolute atomic E-state index is 13.1. The number of para-hydroxylation sites is 1. The maximum Gasteiger partial charge on any atom is 0.416 e. The molecule has 5 nitrogen and oxygen atoms in total. The number of hydrogen-bond acceptors (Lipinski definition) is 4. The van der Waals surface area contributed by atoms with E-state index in [2.05, 4.69) is 5.16 Å². The van der Waals surface area contributed by atoms with Crippen LogP contribution in [0.2, 0.25) is 10.0 Å². The second-order valence-electron chi connectivity index (χ2n) is 7.01. The summed E-state index contributed by atoms with van der Waals surface area (Å²) in [6, 6.07) is 15.3. The molecule has 1 aliphatic rings. The van der Waals surface area contributed by atoms with Gasteiger partial charge < -0.3 is 9.74 Å². The Morgan fingerprint density at radius 2 is 1.64 bits per heavy atom. The molecule has 0 aromatic heterocycles. The van der Waals surface area contributed by atoms with E-state index >= 15 is 0 Å². The SMILES string of the molecule is O=C(O/N=C1/C(=O)N(Cc2c(Cl)cccc2Cl)c2ccccc21)c1cccc(C(F)(F)F)c1. The van der Waals surface area contributed by atoms with Crippen LogP contribution < -0.4 is 4.90 Å². The van der Waals surface area contributed by atoms with Crippen molar-refractivity contribution in [2.75, 3.05) is 4.90 Å². The van der Waals surface area contributed by atoms with E-state index in [1.807, 2.05) is 0 Å². The fourth-order valence-corrected chi connectivity index (χ4v) is 3.83. The summed E-state index contributed by atoms with van der Waals surface area (Å²) < 4.78 is 38.7. The molecule has 10 heteroatoms. The molecule has 3 aromatic carbocycles. The number of fused-ring (bicyclic) bond motifs is 1. The molecule has 0 N–H and O–H groups in total. The van der Waals surface area contributed by atoms with Crippen molar-refractivity contribution in [3.05, 3.63) is 99.0 Å². The van der Waals surface area contributed by atoms with Gasteiger partial charge in [0.2, 0.25) is 0 Å². The first-order valence-corrected chi connectivity index (χ1v) is 10.2. The lowest BCUT2D eigenvalue weighted by Gasteiger charge is -2.18. The third-order valence-corrected chi connectivity index (χ3v) is 5.63. The van der Waals surface area contributed by atoms with Crippen molar-refractivity contribution < 1.29 is 27.6 Å². The minimum atomic E-state index is -4.62. The number of benzene rings is 3. The van der Waals surface area contributed by atoms with Crippen LogP contribution in [0.4, 0.5) is 18.9 Å². The summed E-state index contributed by atoms with van der Waals surface area (Å²) in [6.07, 6.45) is -4.62. The lowest BCUT2D eigenvalue weighted by molar-refractivity contribution is -0.137. The van der Waals surface area contributed by atoms with E-state index in [0.717, 1.165) is 18.2 Å². The first-order valence-electron chi connectivity index (χ1n) is 9.47. The zero-order valence-corrected chi connectivity index (χ0v) is 18.1. The van der Waals surface area contributed by atoms with Gasteiger partial charge in [0.25, 0.3) is 5.91 Å². The van der Waals surface area contributed by atoms with E-state index in [-0.39, 0.29) is 17.8 Å². The van der Waals surface area contributed by atoms with Crippen molar-refractivity contribution in [1.29, 1.82) is 0 Å². The van der Waals surface area contributed by atoms with Gasteiger partial charge in [-0.15, -0.1) is 0 Å². The van der Waals surface area contributed by atoms with Crippen molar-refractivity contribution in [3.63, 3.8) is 0 Å². The number of carbonyl (C=O) groups excluding carboxylic acids is 2. The molecule has 1 aliphatic heterocycles. The van der Waals surface area contributed by atoms with Crippen LogP contribution in [0.25, 0.3) is 0 Å². The Labute approximate surface area is 196 Å². The van der Waals surface area contributed by atoms with Crippen molar-refractivity contribution >= 4 is 46.5 Å². The summed E-state index contributed by atoms with van der Waals surface area (Å²) >= 11 is 12.5. The van der Waals surface area contributed by atoms with Crippen molar-refractivity contribution in [2.45, 2.75) is 12.7 Å². The van der Waals surface area contributed by atoms with Crippen LogP contribution in [0.15, 0.2) is 71.9 Å². The van der Waals surface area contributed by atoms with Gasteiger partial charge in [-0.1, -0.05) is 58.7 Å². The number of oxime groups is 1. The second-order valence-corrected chi connectivity index (χ2v) is 7.82. The lowest BCUT2D eigenvalue weighted by Crippen LogP contribution is -2.30. The molecular formula is C23H13Cl2F3N2O3. The molecule has 1 amide bonds. The zero-order valence-electron chi connectivity index (χ0n) is 16.6. The minimum absolute atomic E-state index is 0.0367. The highest BCUT2D eigenvalue weighted by Gasteiger charge is 2.36. The van der Waals surface area contributed by atoms with Crippen LogP contribution in [-0.2, 0) is 22.4 Å². The monoisotopic (exact) mass is 492 g/mol. The molecule has 3 aromatic rings. The average Bonchev–Trinajstić information content (AvgIpc) is 3.05. The first kappa shape index (κ1) is 22.8. The number of rotatable bonds is 4. The molecule has 0 fully saturated rings. The van der Waals surface area contributed by atoms with Gasteiger partial charge in [0.15, 0.2) is 5.71 Å².